The predicted octanol–water partition coefficient (Wildman–Crippen LogP) is 3.30. The Morgan fingerprint density at radius 2 is 1.79 bits per heavy atom. The summed E-state index contributed by atoms with van der Waals surface area (Å²) in [5.41, 5.74) is 2.63. The van der Waals surface area contributed by atoms with E-state index in [1.807, 2.05) is 32.0 Å². The fraction of sp³-hybridized carbons (Fsp3) is 0.160. The molecule has 2 aromatic carbocycles. The number of aromatic nitrogens is 2. The number of carbonyl (C=O) groups is 1. The molecule has 0 fully saturated rings. The molecule has 0 saturated heterocycles. The SMILES string of the molecule is Cc1cccc(C)c1N(C)S(=O)(=O)c1ccc2[nH]cc(C(=O)NCc3ccccn3)c(=O)c2c1. The van der Waals surface area contributed by atoms with Crippen LogP contribution >= 0.6 is 0 Å². The van der Waals surface area contributed by atoms with Crippen molar-refractivity contribution >= 4 is 32.5 Å². The number of nitrogens with one attached hydrogen (secondary N) is 2. The Balaban J connectivity index is 1.70. The number of aromatic amines is 1. The highest BCUT2D eigenvalue weighted by atomic mass is 32.2. The Bertz CT molecular complexity index is 1530. The predicted molar refractivity (Wildman–Crippen MR) is 131 cm³/mol. The zero-order valence-electron chi connectivity index (χ0n) is 19.0. The van der Waals surface area contributed by atoms with Crippen molar-refractivity contribution in [3.8, 4) is 0 Å². The van der Waals surface area contributed by atoms with E-state index < -0.39 is 21.4 Å². The molecule has 0 aliphatic carbocycles. The van der Waals surface area contributed by atoms with Crippen molar-refractivity contribution in [1.82, 2.24) is 15.3 Å². The molecule has 0 bridgehead atoms. The summed E-state index contributed by atoms with van der Waals surface area (Å²) in [6, 6.07) is 15.2. The molecular weight excluding hydrogens is 452 g/mol. The van der Waals surface area contributed by atoms with Crippen molar-refractivity contribution in [2.45, 2.75) is 25.3 Å². The first kappa shape index (κ1) is 23.2. The third-order valence-electron chi connectivity index (χ3n) is 5.67. The maximum absolute atomic E-state index is 13.4. The molecule has 0 radical (unpaired) electrons. The Hall–Kier alpha value is -3.98. The molecule has 1 amide bonds. The van der Waals surface area contributed by atoms with Gasteiger partial charge in [0.1, 0.15) is 5.56 Å². The minimum atomic E-state index is -3.95. The molecule has 0 atom stereocenters. The number of sulfonamides is 1. The molecule has 9 heteroatoms. The molecule has 174 valence electrons. The van der Waals surface area contributed by atoms with Gasteiger partial charge in [0.05, 0.1) is 22.8 Å². The smallest absolute Gasteiger partial charge is 0.264 e. The Morgan fingerprint density at radius 1 is 1.06 bits per heavy atom. The van der Waals surface area contributed by atoms with Gasteiger partial charge in [0.25, 0.3) is 15.9 Å². The summed E-state index contributed by atoms with van der Waals surface area (Å²) in [6.45, 7) is 3.84. The van der Waals surface area contributed by atoms with Crippen LogP contribution in [-0.2, 0) is 16.6 Å². The van der Waals surface area contributed by atoms with Crippen LogP contribution in [0.1, 0.15) is 27.2 Å². The van der Waals surface area contributed by atoms with Crippen LogP contribution in [0.3, 0.4) is 0 Å². The molecule has 0 aliphatic heterocycles. The molecule has 0 saturated carbocycles. The van der Waals surface area contributed by atoms with Crippen LogP contribution in [0.4, 0.5) is 5.69 Å². The van der Waals surface area contributed by atoms with Gasteiger partial charge in [-0.3, -0.25) is 18.9 Å². The number of hydrogen-bond donors (Lipinski definition) is 2. The van der Waals surface area contributed by atoms with Gasteiger partial charge in [-0.15, -0.1) is 0 Å². The molecule has 4 rings (SSSR count). The number of carbonyl (C=O) groups excluding carboxylic acids is 1. The quantitative estimate of drug-likeness (QED) is 0.443. The van der Waals surface area contributed by atoms with Gasteiger partial charge >= 0.3 is 0 Å². The van der Waals surface area contributed by atoms with E-state index in [9.17, 15) is 18.0 Å². The van der Waals surface area contributed by atoms with Gasteiger partial charge < -0.3 is 10.3 Å². The molecule has 2 N–H and O–H groups in total. The molecule has 34 heavy (non-hydrogen) atoms. The lowest BCUT2D eigenvalue weighted by Gasteiger charge is -2.23. The summed E-state index contributed by atoms with van der Waals surface area (Å²) in [5.74, 6) is -0.574. The number of amides is 1. The summed E-state index contributed by atoms with van der Waals surface area (Å²) in [4.78, 5) is 32.8. The van der Waals surface area contributed by atoms with E-state index in [1.165, 1.54) is 35.7 Å². The second-order valence-corrected chi connectivity index (χ2v) is 9.92. The van der Waals surface area contributed by atoms with Gasteiger partial charge in [0.15, 0.2) is 0 Å². The van der Waals surface area contributed by atoms with Crippen LogP contribution in [0.2, 0.25) is 0 Å². The molecule has 2 heterocycles. The van der Waals surface area contributed by atoms with E-state index in [0.717, 1.165) is 11.1 Å². The van der Waals surface area contributed by atoms with E-state index in [1.54, 1.807) is 24.4 Å². The maximum atomic E-state index is 13.4. The average Bonchev–Trinajstić information content (AvgIpc) is 2.83. The van der Waals surface area contributed by atoms with Gasteiger partial charge in [0.2, 0.25) is 5.43 Å². The fourth-order valence-electron chi connectivity index (χ4n) is 3.88. The minimum Gasteiger partial charge on any atom is -0.360 e. The molecule has 8 nitrogen and oxygen atoms in total. The minimum absolute atomic E-state index is 0.0401. The lowest BCUT2D eigenvalue weighted by Crippen LogP contribution is -2.29. The van der Waals surface area contributed by atoms with Crippen LogP contribution < -0.4 is 15.1 Å². The Kier molecular flexibility index (Phi) is 6.21. The number of aryl methyl sites for hydroxylation is 2. The van der Waals surface area contributed by atoms with Crippen molar-refractivity contribution < 1.29 is 13.2 Å². The zero-order valence-corrected chi connectivity index (χ0v) is 19.8. The highest BCUT2D eigenvalue weighted by molar-refractivity contribution is 7.92. The average molecular weight is 477 g/mol. The molecule has 4 aromatic rings. The highest BCUT2D eigenvalue weighted by Crippen LogP contribution is 2.29. The van der Waals surface area contributed by atoms with Gasteiger partial charge in [-0.2, -0.15) is 0 Å². The molecular formula is C25H24N4O4S. The summed E-state index contributed by atoms with van der Waals surface area (Å²) >= 11 is 0. The molecule has 0 unspecified atom stereocenters. The summed E-state index contributed by atoms with van der Waals surface area (Å²) in [5, 5.41) is 2.78. The Morgan fingerprint density at radius 3 is 2.47 bits per heavy atom. The van der Waals surface area contributed by atoms with E-state index in [-0.39, 0.29) is 22.4 Å². The zero-order chi connectivity index (χ0) is 24.5. The van der Waals surface area contributed by atoms with Crippen LogP contribution in [-0.4, -0.2) is 31.3 Å². The van der Waals surface area contributed by atoms with E-state index >= 15 is 0 Å². The van der Waals surface area contributed by atoms with Crippen LogP contribution in [0.5, 0.6) is 0 Å². The van der Waals surface area contributed by atoms with Gasteiger partial charge in [-0.1, -0.05) is 24.3 Å². The molecule has 2 aromatic heterocycles. The van der Waals surface area contributed by atoms with Gasteiger partial charge in [0, 0.05) is 30.3 Å². The first-order valence-corrected chi connectivity index (χ1v) is 12.0. The third kappa shape index (κ3) is 4.29. The number of para-hydroxylation sites is 1. The summed E-state index contributed by atoms with van der Waals surface area (Å²) < 4.78 is 28.0. The summed E-state index contributed by atoms with van der Waals surface area (Å²) in [7, 11) is -2.47. The van der Waals surface area contributed by atoms with Gasteiger partial charge in [-0.05, 0) is 55.3 Å². The van der Waals surface area contributed by atoms with Gasteiger partial charge in [-0.25, -0.2) is 8.42 Å². The number of pyridine rings is 2. The van der Waals surface area contributed by atoms with E-state index in [0.29, 0.717) is 16.9 Å². The summed E-state index contributed by atoms with van der Waals surface area (Å²) in [6.07, 6.45) is 2.94. The number of anilines is 1. The van der Waals surface area contributed by atoms with E-state index in [4.69, 9.17) is 0 Å². The first-order chi connectivity index (χ1) is 16.2. The van der Waals surface area contributed by atoms with Crippen LogP contribution in [0.25, 0.3) is 10.9 Å². The normalized spacial score (nSPS) is 11.4. The number of benzene rings is 2. The van der Waals surface area contributed by atoms with Crippen molar-refractivity contribution in [2.75, 3.05) is 11.4 Å². The second-order valence-electron chi connectivity index (χ2n) is 7.96. The third-order valence-corrected chi connectivity index (χ3v) is 7.42. The lowest BCUT2D eigenvalue weighted by molar-refractivity contribution is 0.0949. The first-order valence-electron chi connectivity index (χ1n) is 10.6. The fourth-order valence-corrected chi connectivity index (χ4v) is 5.23. The number of nitrogens with zero attached hydrogens (tertiary/aromatic N) is 2. The molecule has 0 aliphatic rings. The van der Waals surface area contributed by atoms with Crippen LogP contribution in [0.15, 0.2) is 76.7 Å². The second kappa shape index (κ2) is 9.11. The number of fused-ring (bicyclic) bond motifs is 1. The number of rotatable bonds is 6. The highest BCUT2D eigenvalue weighted by Gasteiger charge is 2.25. The van der Waals surface area contributed by atoms with E-state index in [2.05, 4.69) is 15.3 Å². The van der Waals surface area contributed by atoms with Crippen molar-refractivity contribution in [2.24, 2.45) is 0 Å². The monoisotopic (exact) mass is 476 g/mol. The van der Waals surface area contributed by atoms with Crippen LogP contribution in [0, 0.1) is 13.8 Å². The largest absolute Gasteiger partial charge is 0.360 e. The molecule has 0 spiro atoms. The van der Waals surface area contributed by atoms with Crippen molar-refractivity contribution in [3.05, 3.63) is 99.6 Å². The van der Waals surface area contributed by atoms with Crippen molar-refractivity contribution in [1.29, 1.82) is 0 Å². The van der Waals surface area contributed by atoms with Crippen molar-refractivity contribution in [3.63, 3.8) is 0 Å². The standard InChI is InChI=1S/C25H24N4O4S/c1-16-7-6-8-17(2)23(16)29(3)34(32,33)19-10-11-22-20(13-19)24(30)21(15-27-22)25(31)28-14-18-9-4-5-12-26-18/h4-13,15H,14H2,1-3H3,(H,27,30)(H,28,31). The number of H-pyrrole nitrogens is 1. The Labute approximate surface area is 197 Å². The lowest BCUT2D eigenvalue weighted by atomic mass is 10.1. The maximum Gasteiger partial charge on any atom is 0.264 e. The topological polar surface area (TPSA) is 112 Å². The number of hydrogen-bond acceptors (Lipinski definition) is 5.